The van der Waals surface area contributed by atoms with Crippen molar-refractivity contribution in [1.29, 1.82) is 0 Å². The van der Waals surface area contributed by atoms with E-state index in [1.54, 1.807) is 0 Å². The Bertz CT molecular complexity index is 1040. The molecule has 4 rings (SSSR count). The maximum atomic E-state index is 4.19. The lowest BCUT2D eigenvalue weighted by Crippen LogP contribution is -2.16. The average Bonchev–Trinajstić information content (AvgIpc) is 3.75. The van der Waals surface area contributed by atoms with Crippen molar-refractivity contribution in [1.82, 2.24) is 0 Å². The van der Waals surface area contributed by atoms with Crippen LogP contribution >= 0.6 is 0 Å². The molecule has 0 heterocycles. The number of hydrogen-bond acceptors (Lipinski definition) is 1. The minimum absolute atomic E-state index is 0.696. The number of allylic oxidation sites excluding steroid dienone is 4. The third kappa shape index (κ3) is 6.32. The monoisotopic (exact) mass is 453 g/mol. The highest BCUT2D eigenvalue weighted by Gasteiger charge is 2.28. The summed E-state index contributed by atoms with van der Waals surface area (Å²) in [5.74, 6) is 1.69. The molecule has 1 heteroatoms. The van der Waals surface area contributed by atoms with Crippen LogP contribution in [-0.4, -0.2) is 7.05 Å². The van der Waals surface area contributed by atoms with E-state index in [2.05, 4.69) is 93.9 Å². The molecular weight excluding hydrogens is 410 g/mol. The molecule has 34 heavy (non-hydrogen) atoms. The van der Waals surface area contributed by atoms with Gasteiger partial charge in [-0.2, -0.15) is 0 Å². The summed E-state index contributed by atoms with van der Waals surface area (Å²) in [7, 11) is 2.22. The van der Waals surface area contributed by atoms with Gasteiger partial charge in [0, 0.05) is 18.4 Å². The van der Waals surface area contributed by atoms with Crippen LogP contribution in [0.25, 0.3) is 11.3 Å². The van der Waals surface area contributed by atoms with Gasteiger partial charge in [-0.25, -0.2) is 0 Å². The summed E-state index contributed by atoms with van der Waals surface area (Å²) in [5, 5.41) is 0. The number of nitrogens with zero attached hydrogens (tertiary/aromatic N) is 1. The summed E-state index contributed by atoms with van der Waals surface area (Å²) in [5.41, 5.74) is 10.9. The van der Waals surface area contributed by atoms with E-state index >= 15 is 0 Å². The van der Waals surface area contributed by atoms with Gasteiger partial charge in [0.25, 0.3) is 0 Å². The minimum Gasteiger partial charge on any atom is -0.344 e. The first-order valence-electron chi connectivity index (χ1n) is 13.5. The molecule has 0 spiro atoms. The van der Waals surface area contributed by atoms with Gasteiger partial charge in [-0.1, -0.05) is 87.7 Å². The Labute approximate surface area is 208 Å². The van der Waals surface area contributed by atoms with Crippen molar-refractivity contribution in [2.24, 2.45) is 11.8 Å². The Kier molecular flexibility index (Phi) is 8.14. The molecule has 0 radical (unpaired) electrons. The zero-order chi connectivity index (χ0) is 24.1. The maximum absolute atomic E-state index is 4.19. The van der Waals surface area contributed by atoms with E-state index in [0.29, 0.717) is 5.92 Å². The third-order valence-corrected chi connectivity index (χ3v) is 7.28. The molecule has 2 aromatic carbocycles. The van der Waals surface area contributed by atoms with E-state index in [1.165, 1.54) is 84.2 Å². The van der Waals surface area contributed by atoms with Crippen molar-refractivity contribution in [3.63, 3.8) is 0 Å². The molecule has 0 amide bonds. The topological polar surface area (TPSA) is 3.24 Å². The van der Waals surface area contributed by atoms with Crippen LogP contribution in [0.1, 0.15) is 88.0 Å². The van der Waals surface area contributed by atoms with Crippen LogP contribution in [0, 0.1) is 11.8 Å². The second-order valence-corrected chi connectivity index (χ2v) is 10.5. The molecule has 2 aliphatic rings. The second-order valence-electron chi connectivity index (χ2n) is 10.5. The fraction of sp³-hybridized carbons (Fsp3) is 0.455. The third-order valence-electron chi connectivity index (χ3n) is 7.28. The normalized spacial score (nSPS) is 16.6. The Morgan fingerprint density at radius 2 is 1.74 bits per heavy atom. The van der Waals surface area contributed by atoms with Gasteiger partial charge in [0.1, 0.15) is 0 Å². The van der Waals surface area contributed by atoms with Gasteiger partial charge in [-0.3, -0.25) is 0 Å². The van der Waals surface area contributed by atoms with Gasteiger partial charge in [-0.05, 0) is 97.2 Å². The molecule has 1 nitrogen and oxygen atoms in total. The minimum atomic E-state index is 0.696. The summed E-state index contributed by atoms with van der Waals surface area (Å²) in [6.07, 6.45) is 16.1. The number of hydrogen-bond donors (Lipinski definition) is 0. The summed E-state index contributed by atoms with van der Waals surface area (Å²) in [6.45, 7) is 10.8. The van der Waals surface area contributed by atoms with Crippen molar-refractivity contribution in [3.8, 4) is 0 Å². The fourth-order valence-electron chi connectivity index (χ4n) is 5.00. The first kappa shape index (κ1) is 24.6. The van der Waals surface area contributed by atoms with Crippen LogP contribution in [0.3, 0.4) is 0 Å². The maximum Gasteiger partial charge on any atom is 0.0441 e. The largest absolute Gasteiger partial charge is 0.344 e. The zero-order valence-corrected chi connectivity index (χ0v) is 21.9. The second kappa shape index (κ2) is 11.3. The molecule has 2 saturated carbocycles. The molecule has 0 N–H and O–H groups in total. The van der Waals surface area contributed by atoms with Crippen LogP contribution in [0.5, 0.6) is 0 Å². The molecule has 180 valence electrons. The summed E-state index contributed by atoms with van der Waals surface area (Å²) in [6, 6.07) is 16.4. The molecule has 2 aromatic rings. The zero-order valence-electron chi connectivity index (χ0n) is 21.9. The van der Waals surface area contributed by atoms with E-state index in [1.807, 2.05) is 0 Å². The lowest BCUT2D eigenvalue weighted by atomic mass is 9.91. The van der Waals surface area contributed by atoms with Crippen LogP contribution in [0.4, 0.5) is 5.69 Å². The number of benzene rings is 2. The molecule has 2 fully saturated rings. The highest BCUT2D eigenvalue weighted by atomic mass is 15.1. The quantitative estimate of drug-likeness (QED) is 0.289. The molecule has 0 saturated heterocycles. The van der Waals surface area contributed by atoms with Crippen LogP contribution in [0.15, 0.2) is 66.8 Å². The molecule has 0 aliphatic heterocycles. The van der Waals surface area contributed by atoms with Gasteiger partial charge in [-0.15, -0.1) is 0 Å². The van der Waals surface area contributed by atoms with E-state index < -0.39 is 0 Å². The van der Waals surface area contributed by atoms with Crippen molar-refractivity contribution < 1.29 is 0 Å². The molecule has 0 unspecified atom stereocenters. The SMILES string of the molecule is C=C(C)/C=C(\c1cc(N(C)/C(=C\CC)c2ccc(CCC3CC3)cc2)ccc1CCC)C1CC1. The van der Waals surface area contributed by atoms with Crippen LogP contribution in [-0.2, 0) is 12.8 Å². The molecule has 0 bridgehead atoms. The van der Waals surface area contributed by atoms with E-state index in [0.717, 1.165) is 24.3 Å². The van der Waals surface area contributed by atoms with Crippen molar-refractivity contribution >= 4 is 17.0 Å². The highest BCUT2D eigenvalue weighted by Crippen LogP contribution is 2.44. The van der Waals surface area contributed by atoms with Gasteiger partial charge in [0.15, 0.2) is 0 Å². The lowest BCUT2D eigenvalue weighted by Gasteiger charge is -2.26. The van der Waals surface area contributed by atoms with Crippen molar-refractivity contribution in [3.05, 3.63) is 89.0 Å². The van der Waals surface area contributed by atoms with Crippen LogP contribution < -0.4 is 4.90 Å². The molecule has 0 atom stereocenters. The van der Waals surface area contributed by atoms with E-state index in [-0.39, 0.29) is 0 Å². The van der Waals surface area contributed by atoms with E-state index in [9.17, 15) is 0 Å². The number of anilines is 1. The van der Waals surface area contributed by atoms with Crippen LogP contribution in [0.2, 0.25) is 0 Å². The van der Waals surface area contributed by atoms with Crippen molar-refractivity contribution in [2.45, 2.75) is 78.6 Å². The standard InChI is InChI=1S/C33H43N/c1-6-8-27-20-21-30(23-32(27)31(22-24(3)4)28-18-19-28)34(5)33(9-7-2)29-16-14-26(15-17-29)13-12-25-10-11-25/h9,14-17,20-23,25,28H,3,6-8,10-13,18-19H2,1-2,4-5H3/b31-22-,33-9-. The fourth-order valence-corrected chi connectivity index (χ4v) is 5.00. The number of aryl methyl sites for hydroxylation is 2. The van der Waals surface area contributed by atoms with Gasteiger partial charge >= 0.3 is 0 Å². The highest BCUT2D eigenvalue weighted by molar-refractivity contribution is 5.82. The Balaban J connectivity index is 1.63. The molecule has 0 aromatic heterocycles. The molecular formula is C33H43N. The predicted octanol–water partition coefficient (Wildman–Crippen LogP) is 9.24. The first-order chi connectivity index (χ1) is 16.5. The summed E-state index contributed by atoms with van der Waals surface area (Å²) >= 11 is 0. The van der Waals surface area contributed by atoms with Gasteiger partial charge in [0.05, 0.1) is 0 Å². The van der Waals surface area contributed by atoms with Gasteiger partial charge in [0.2, 0.25) is 0 Å². The molecule has 2 aliphatic carbocycles. The summed E-state index contributed by atoms with van der Waals surface area (Å²) < 4.78 is 0. The average molecular weight is 454 g/mol. The predicted molar refractivity (Wildman–Crippen MR) is 150 cm³/mol. The lowest BCUT2D eigenvalue weighted by molar-refractivity contribution is 0.727. The summed E-state index contributed by atoms with van der Waals surface area (Å²) in [4.78, 5) is 2.38. The number of rotatable bonds is 12. The van der Waals surface area contributed by atoms with E-state index in [4.69, 9.17) is 0 Å². The Morgan fingerprint density at radius 1 is 1.00 bits per heavy atom. The smallest absolute Gasteiger partial charge is 0.0441 e. The Morgan fingerprint density at radius 3 is 2.32 bits per heavy atom. The van der Waals surface area contributed by atoms with Gasteiger partial charge < -0.3 is 4.90 Å². The first-order valence-corrected chi connectivity index (χ1v) is 13.5. The Hall–Kier alpha value is -2.54. The van der Waals surface area contributed by atoms with Crippen molar-refractivity contribution in [2.75, 3.05) is 11.9 Å².